The van der Waals surface area contributed by atoms with Crippen molar-refractivity contribution < 1.29 is 8.83 Å². The van der Waals surface area contributed by atoms with Crippen molar-refractivity contribution >= 4 is 86.2 Å². The molecule has 12 aromatic rings. The molecule has 0 saturated carbocycles. The number of aromatic nitrogens is 3. The van der Waals surface area contributed by atoms with Gasteiger partial charge in [-0.25, -0.2) is 15.0 Å². The highest BCUT2D eigenvalue weighted by atomic mass is 32.1. The minimum Gasteiger partial charge on any atom is -0.456 e. The van der Waals surface area contributed by atoms with Crippen LogP contribution in [0.4, 0.5) is 0 Å². The van der Waals surface area contributed by atoms with Gasteiger partial charge < -0.3 is 8.83 Å². The minimum absolute atomic E-state index is 0.582. The number of hydrogen-bond acceptors (Lipinski definition) is 6. The lowest BCUT2D eigenvalue weighted by Crippen LogP contribution is -2.00. The average molecular weight is 722 g/mol. The van der Waals surface area contributed by atoms with Crippen molar-refractivity contribution in [1.29, 1.82) is 0 Å². The SMILES string of the molecule is c1ccc2cc(-c3nc(-c4ccc5sc6ccccc6c5c4)nc(-c4ccc(-c5cccc6oc7ccccc7c56)c5oc6ccccc6c45)n3)ccc2c1. The fraction of sp³-hybridized carbons (Fsp3) is 0. The number of benzene rings is 8. The first-order valence-electron chi connectivity index (χ1n) is 18.3. The number of rotatable bonds is 4. The van der Waals surface area contributed by atoms with Crippen LogP contribution in [0.5, 0.6) is 0 Å². The molecule has 4 heterocycles. The van der Waals surface area contributed by atoms with E-state index in [2.05, 4.69) is 127 Å². The van der Waals surface area contributed by atoms with Gasteiger partial charge in [0.25, 0.3) is 0 Å². The van der Waals surface area contributed by atoms with E-state index in [1.807, 2.05) is 36.4 Å². The topological polar surface area (TPSA) is 65.0 Å². The van der Waals surface area contributed by atoms with Crippen LogP contribution in [0.25, 0.3) is 120 Å². The zero-order valence-corrected chi connectivity index (χ0v) is 30.0. The monoisotopic (exact) mass is 721 g/mol. The Kier molecular flexibility index (Phi) is 6.44. The highest BCUT2D eigenvalue weighted by molar-refractivity contribution is 7.25. The predicted octanol–water partition coefficient (Wildman–Crippen LogP) is 13.9. The Hall–Kier alpha value is -7.15. The van der Waals surface area contributed by atoms with Crippen molar-refractivity contribution in [3.63, 3.8) is 0 Å². The number of para-hydroxylation sites is 2. The van der Waals surface area contributed by atoms with Gasteiger partial charge in [-0.3, -0.25) is 0 Å². The zero-order valence-electron chi connectivity index (χ0n) is 29.2. The van der Waals surface area contributed by atoms with E-state index >= 15 is 0 Å². The van der Waals surface area contributed by atoms with Gasteiger partial charge in [0.2, 0.25) is 0 Å². The fourth-order valence-electron chi connectivity index (χ4n) is 8.17. The van der Waals surface area contributed by atoms with Crippen molar-refractivity contribution in [2.24, 2.45) is 0 Å². The van der Waals surface area contributed by atoms with Crippen LogP contribution in [0.15, 0.2) is 173 Å². The zero-order chi connectivity index (χ0) is 36.0. The maximum atomic E-state index is 6.80. The first-order valence-corrected chi connectivity index (χ1v) is 19.1. The van der Waals surface area contributed by atoms with Gasteiger partial charge in [-0.05, 0) is 77.0 Å². The van der Waals surface area contributed by atoms with E-state index < -0.39 is 0 Å². The molecule has 4 aromatic heterocycles. The van der Waals surface area contributed by atoms with Crippen LogP contribution >= 0.6 is 11.3 Å². The first kappa shape index (κ1) is 30.3. The average Bonchev–Trinajstić information content (AvgIpc) is 3.94. The summed E-state index contributed by atoms with van der Waals surface area (Å²) in [7, 11) is 0. The van der Waals surface area contributed by atoms with Crippen LogP contribution in [-0.4, -0.2) is 15.0 Å². The Morgan fingerprint density at radius 2 is 0.982 bits per heavy atom. The largest absolute Gasteiger partial charge is 0.456 e. The summed E-state index contributed by atoms with van der Waals surface area (Å²) >= 11 is 1.80. The summed E-state index contributed by atoms with van der Waals surface area (Å²) in [4.78, 5) is 15.7. The molecule has 0 spiro atoms. The van der Waals surface area contributed by atoms with Crippen LogP contribution < -0.4 is 0 Å². The highest BCUT2D eigenvalue weighted by Crippen LogP contribution is 2.45. The normalized spacial score (nSPS) is 12.0. The summed E-state index contributed by atoms with van der Waals surface area (Å²) in [6.07, 6.45) is 0. The molecule has 0 N–H and O–H groups in total. The molecule has 12 rings (SSSR count). The lowest BCUT2D eigenvalue weighted by molar-refractivity contribution is 0.668. The van der Waals surface area contributed by atoms with Crippen LogP contribution in [0, 0.1) is 0 Å². The van der Waals surface area contributed by atoms with E-state index in [1.54, 1.807) is 11.3 Å². The lowest BCUT2D eigenvalue weighted by Gasteiger charge is -2.12. The molecule has 0 unspecified atom stereocenters. The Morgan fingerprint density at radius 1 is 0.364 bits per heavy atom. The molecule has 256 valence electrons. The molecule has 0 bridgehead atoms. The number of nitrogens with zero attached hydrogens (tertiary/aromatic N) is 3. The third kappa shape index (κ3) is 4.68. The molecule has 5 nitrogen and oxygen atoms in total. The maximum absolute atomic E-state index is 6.80. The molecule has 0 aliphatic carbocycles. The molecule has 0 amide bonds. The van der Waals surface area contributed by atoms with Gasteiger partial charge in [-0.2, -0.15) is 0 Å². The summed E-state index contributed by atoms with van der Waals surface area (Å²) in [5.74, 6) is 1.81. The van der Waals surface area contributed by atoms with Crippen molar-refractivity contribution in [1.82, 2.24) is 15.0 Å². The first-order chi connectivity index (χ1) is 27.2. The Bertz CT molecular complexity index is 3520. The molecule has 55 heavy (non-hydrogen) atoms. The Labute approximate surface area is 317 Å². The van der Waals surface area contributed by atoms with E-state index in [0.29, 0.717) is 17.5 Å². The summed E-state index contributed by atoms with van der Waals surface area (Å²) < 4.78 is 15.6. The van der Waals surface area contributed by atoms with E-state index in [4.69, 9.17) is 23.8 Å². The molecule has 8 aromatic carbocycles. The lowest BCUT2D eigenvalue weighted by atomic mass is 9.95. The van der Waals surface area contributed by atoms with E-state index in [1.165, 1.54) is 20.2 Å². The van der Waals surface area contributed by atoms with Gasteiger partial charge in [-0.15, -0.1) is 11.3 Å². The second-order valence-corrected chi connectivity index (χ2v) is 15.0. The molecular formula is C49H27N3O2S. The molecule has 0 saturated heterocycles. The molecular weight excluding hydrogens is 695 g/mol. The van der Waals surface area contributed by atoms with Gasteiger partial charge in [0, 0.05) is 64.0 Å². The second-order valence-electron chi connectivity index (χ2n) is 13.9. The standard InChI is InChI=1S/C49H27N3O2S/c1-2-11-29-26-30(21-20-28(29)10-1)47-50-48(31-22-25-43-38(27-31)32-12-5-8-19-42(32)55-43)52-49(51-47)37-24-23-34(46-45(37)36-14-4-7-17-40(36)54-46)33-15-9-18-41-44(33)35-13-3-6-16-39(35)53-41/h1-27H. The maximum Gasteiger partial charge on any atom is 0.164 e. The predicted molar refractivity (Wildman–Crippen MR) is 227 cm³/mol. The van der Waals surface area contributed by atoms with Gasteiger partial charge in [0.1, 0.15) is 22.3 Å². The summed E-state index contributed by atoms with van der Waals surface area (Å²) in [5, 5.41) is 8.81. The van der Waals surface area contributed by atoms with Crippen molar-refractivity contribution in [3.8, 4) is 45.3 Å². The Morgan fingerprint density at radius 3 is 1.84 bits per heavy atom. The third-order valence-corrected chi connectivity index (χ3v) is 11.9. The number of fused-ring (bicyclic) bond motifs is 10. The van der Waals surface area contributed by atoms with E-state index in [-0.39, 0.29) is 0 Å². The van der Waals surface area contributed by atoms with Crippen molar-refractivity contribution in [2.75, 3.05) is 0 Å². The second kappa shape index (κ2) is 11.7. The van der Waals surface area contributed by atoms with Crippen molar-refractivity contribution in [2.45, 2.75) is 0 Å². The van der Waals surface area contributed by atoms with Crippen LogP contribution in [0.3, 0.4) is 0 Å². The molecule has 0 fully saturated rings. The molecule has 0 aliphatic heterocycles. The van der Waals surface area contributed by atoms with E-state index in [0.717, 1.165) is 82.5 Å². The molecule has 6 heteroatoms. The summed E-state index contributed by atoms with van der Waals surface area (Å²) in [5.41, 5.74) is 8.03. The number of furan rings is 2. The quantitative estimate of drug-likeness (QED) is 0.181. The van der Waals surface area contributed by atoms with Gasteiger partial charge in [0.05, 0.1) is 0 Å². The number of hydrogen-bond donors (Lipinski definition) is 0. The summed E-state index contributed by atoms with van der Waals surface area (Å²) in [6, 6.07) is 56.8. The summed E-state index contributed by atoms with van der Waals surface area (Å²) in [6.45, 7) is 0. The number of thiophene rings is 1. The van der Waals surface area contributed by atoms with Crippen LogP contribution in [0.2, 0.25) is 0 Å². The fourth-order valence-corrected chi connectivity index (χ4v) is 9.26. The minimum atomic E-state index is 0.582. The van der Waals surface area contributed by atoms with Crippen molar-refractivity contribution in [3.05, 3.63) is 164 Å². The highest BCUT2D eigenvalue weighted by Gasteiger charge is 2.23. The van der Waals surface area contributed by atoms with Gasteiger partial charge >= 0.3 is 0 Å². The van der Waals surface area contributed by atoms with Crippen LogP contribution in [-0.2, 0) is 0 Å². The van der Waals surface area contributed by atoms with Crippen LogP contribution in [0.1, 0.15) is 0 Å². The van der Waals surface area contributed by atoms with E-state index in [9.17, 15) is 0 Å². The Balaban J connectivity index is 1.13. The molecule has 0 radical (unpaired) electrons. The van der Waals surface area contributed by atoms with Gasteiger partial charge in [0.15, 0.2) is 17.5 Å². The molecule has 0 aliphatic rings. The smallest absolute Gasteiger partial charge is 0.164 e. The van der Waals surface area contributed by atoms with Gasteiger partial charge in [-0.1, -0.05) is 103 Å². The molecule has 0 atom stereocenters. The third-order valence-electron chi connectivity index (χ3n) is 10.7.